The van der Waals surface area contributed by atoms with Gasteiger partial charge in [0.15, 0.2) is 0 Å². The number of hydrogen-bond acceptors (Lipinski definition) is 5. The third-order valence-corrected chi connectivity index (χ3v) is 3.97. The van der Waals surface area contributed by atoms with Crippen LogP contribution in [0.5, 0.6) is 0 Å². The number of carbonyl (C=O) groups is 1. The number of pyridine rings is 2. The van der Waals surface area contributed by atoms with Gasteiger partial charge in [0.1, 0.15) is 6.73 Å². The van der Waals surface area contributed by atoms with E-state index < -0.39 is 0 Å². The van der Waals surface area contributed by atoms with Gasteiger partial charge in [-0.05, 0) is 42.8 Å². The molecule has 3 rings (SSSR count). The van der Waals surface area contributed by atoms with Crippen LogP contribution in [0.4, 0.5) is 0 Å². The first-order valence-electron chi connectivity index (χ1n) is 8.47. The lowest BCUT2D eigenvalue weighted by Gasteiger charge is -2.21. The van der Waals surface area contributed by atoms with E-state index in [1.807, 2.05) is 66.4 Å². The van der Waals surface area contributed by atoms with Gasteiger partial charge in [0.25, 0.3) is 0 Å². The highest BCUT2D eigenvalue weighted by Gasteiger charge is 2.14. The molecule has 3 aromatic rings. The zero-order chi connectivity index (χ0) is 18.2. The normalized spacial score (nSPS) is 10.7. The zero-order valence-corrected chi connectivity index (χ0v) is 14.7. The number of rotatable bonds is 7. The Kier molecular flexibility index (Phi) is 6.06. The van der Waals surface area contributed by atoms with Crippen LogP contribution in [0, 0.1) is 6.92 Å². The zero-order valence-electron chi connectivity index (χ0n) is 14.7. The number of hydrogen-bond donors (Lipinski definition) is 0. The topological polar surface area (TPSA) is 55.3 Å². The predicted molar refractivity (Wildman–Crippen MR) is 99.2 cm³/mol. The first kappa shape index (κ1) is 17.8. The van der Waals surface area contributed by atoms with Crippen molar-refractivity contribution in [2.24, 2.45) is 0 Å². The van der Waals surface area contributed by atoms with Crippen LogP contribution in [0.1, 0.15) is 27.3 Å². The summed E-state index contributed by atoms with van der Waals surface area (Å²) in [6.07, 6.45) is 3.52. The molecule has 0 aliphatic heterocycles. The van der Waals surface area contributed by atoms with Crippen molar-refractivity contribution < 1.29 is 9.53 Å². The second kappa shape index (κ2) is 8.87. The van der Waals surface area contributed by atoms with Crippen LogP contribution in [0.3, 0.4) is 0 Å². The molecule has 5 nitrogen and oxygen atoms in total. The van der Waals surface area contributed by atoms with Crippen LogP contribution >= 0.6 is 0 Å². The first-order chi connectivity index (χ1) is 12.7. The van der Waals surface area contributed by atoms with Gasteiger partial charge in [0.2, 0.25) is 0 Å². The molecule has 0 amide bonds. The minimum absolute atomic E-state index is 0.167. The Hall–Kier alpha value is -3.05. The molecule has 0 N–H and O–H groups in total. The van der Waals surface area contributed by atoms with Gasteiger partial charge in [-0.2, -0.15) is 0 Å². The molecule has 0 aliphatic carbocycles. The second-order valence-electron chi connectivity index (χ2n) is 6.01. The Morgan fingerprint density at radius 2 is 1.46 bits per heavy atom. The fourth-order valence-electron chi connectivity index (χ4n) is 2.62. The minimum atomic E-state index is -0.324. The van der Waals surface area contributed by atoms with Crippen molar-refractivity contribution in [1.82, 2.24) is 14.9 Å². The van der Waals surface area contributed by atoms with Crippen LogP contribution in [0.15, 0.2) is 73.1 Å². The molecule has 1 aromatic carbocycles. The van der Waals surface area contributed by atoms with Gasteiger partial charge in [-0.3, -0.25) is 14.9 Å². The molecule has 0 spiro atoms. The Morgan fingerprint density at radius 3 is 2.00 bits per heavy atom. The summed E-state index contributed by atoms with van der Waals surface area (Å²) in [5.41, 5.74) is 3.31. The van der Waals surface area contributed by atoms with Gasteiger partial charge in [0.05, 0.1) is 17.0 Å². The molecule has 0 saturated carbocycles. The molecule has 132 valence electrons. The molecule has 26 heavy (non-hydrogen) atoms. The standard InChI is InChI=1S/C21H21N3O2/c1-17-8-2-3-11-20(17)21(25)26-16-24(14-18-9-4-6-12-22-18)15-19-10-5-7-13-23-19/h2-13H,14-16H2,1H3. The number of nitrogens with zero attached hydrogens (tertiary/aromatic N) is 3. The monoisotopic (exact) mass is 347 g/mol. The molecular weight excluding hydrogens is 326 g/mol. The van der Waals surface area contributed by atoms with E-state index in [1.165, 1.54) is 0 Å². The second-order valence-corrected chi connectivity index (χ2v) is 6.01. The van der Waals surface area contributed by atoms with Gasteiger partial charge in [-0.1, -0.05) is 30.3 Å². The minimum Gasteiger partial charge on any atom is -0.446 e. The lowest BCUT2D eigenvalue weighted by molar-refractivity contribution is 0.0164. The van der Waals surface area contributed by atoms with Crippen LogP contribution in [0.25, 0.3) is 0 Å². The van der Waals surface area contributed by atoms with E-state index in [0.717, 1.165) is 17.0 Å². The van der Waals surface area contributed by atoms with E-state index in [4.69, 9.17) is 4.74 Å². The van der Waals surface area contributed by atoms with Crippen molar-refractivity contribution >= 4 is 5.97 Å². The van der Waals surface area contributed by atoms with E-state index in [-0.39, 0.29) is 12.7 Å². The summed E-state index contributed by atoms with van der Waals surface area (Å²) in [5.74, 6) is -0.324. The number of ether oxygens (including phenoxy) is 1. The smallest absolute Gasteiger partial charge is 0.339 e. The average Bonchev–Trinajstić information content (AvgIpc) is 2.68. The van der Waals surface area contributed by atoms with Crippen molar-refractivity contribution in [2.75, 3.05) is 6.73 Å². The van der Waals surface area contributed by atoms with Gasteiger partial charge < -0.3 is 4.74 Å². The van der Waals surface area contributed by atoms with E-state index in [1.54, 1.807) is 18.5 Å². The maximum absolute atomic E-state index is 12.4. The number of aryl methyl sites for hydroxylation is 1. The SMILES string of the molecule is Cc1ccccc1C(=O)OCN(Cc1ccccn1)Cc1ccccn1. The third-order valence-electron chi connectivity index (χ3n) is 3.97. The van der Waals surface area contributed by atoms with Crippen molar-refractivity contribution in [2.45, 2.75) is 20.0 Å². The molecule has 0 unspecified atom stereocenters. The summed E-state index contributed by atoms with van der Waals surface area (Å²) < 4.78 is 5.55. The van der Waals surface area contributed by atoms with Gasteiger partial charge in [-0.25, -0.2) is 4.79 Å². The Balaban J connectivity index is 1.68. The summed E-state index contributed by atoms with van der Waals surface area (Å²) >= 11 is 0. The molecule has 0 fully saturated rings. The molecule has 0 saturated heterocycles. The summed E-state index contributed by atoms with van der Waals surface area (Å²) in [4.78, 5) is 23.1. The summed E-state index contributed by atoms with van der Waals surface area (Å²) in [6, 6.07) is 19.0. The van der Waals surface area contributed by atoms with Crippen LogP contribution in [-0.2, 0) is 17.8 Å². The number of carbonyl (C=O) groups excluding carboxylic acids is 1. The van der Waals surface area contributed by atoms with Gasteiger partial charge in [0, 0.05) is 25.5 Å². The lowest BCUT2D eigenvalue weighted by atomic mass is 10.1. The van der Waals surface area contributed by atoms with Crippen molar-refractivity contribution in [1.29, 1.82) is 0 Å². The molecule has 0 radical (unpaired) electrons. The predicted octanol–water partition coefficient (Wildman–Crippen LogP) is 3.60. The Morgan fingerprint density at radius 1 is 0.885 bits per heavy atom. The first-order valence-corrected chi connectivity index (χ1v) is 8.47. The van der Waals surface area contributed by atoms with E-state index in [9.17, 15) is 4.79 Å². The van der Waals surface area contributed by atoms with Crippen LogP contribution in [-0.4, -0.2) is 27.6 Å². The molecule has 2 aromatic heterocycles. The average molecular weight is 347 g/mol. The van der Waals surface area contributed by atoms with Gasteiger partial charge >= 0.3 is 5.97 Å². The summed E-state index contributed by atoms with van der Waals surface area (Å²) in [5, 5.41) is 0. The number of esters is 1. The number of aromatic nitrogens is 2. The van der Waals surface area contributed by atoms with E-state index in [0.29, 0.717) is 18.7 Å². The summed E-state index contributed by atoms with van der Waals surface area (Å²) in [6.45, 7) is 3.20. The van der Waals surface area contributed by atoms with E-state index >= 15 is 0 Å². The van der Waals surface area contributed by atoms with Gasteiger partial charge in [-0.15, -0.1) is 0 Å². The highest BCUT2D eigenvalue weighted by molar-refractivity contribution is 5.90. The fraction of sp³-hybridized carbons (Fsp3) is 0.190. The highest BCUT2D eigenvalue weighted by Crippen LogP contribution is 2.11. The maximum atomic E-state index is 12.4. The fourth-order valence-corrected chi connectivity index (χ4v) is 2.62. The van der Waals surface area contributed by atoms with Crippen molar-refractivity contribution in [3.63, 3.8) is 0 Å². The highest BCUT2D eigenvalue weighted by atomic mass is 16.5. The van der Waals surface area contributed by atoms with E-state index in [2.05, 4.69) is 9.97 Å². The summed E-state index contributed by atoms with van der Waals surface area (Å²) in [7, 11) is 0. The molecule has 0 atom stereocenters. The largest absolute Gasteiger partial charge is 0.446 e. The molecular formula is C21H21N3O2. The quantitative estimate of drug-likeness (QED) is 0.483. The molecule has 5 heteroatoms. The van der Waals surface area contributed by atoms with Crippen molar-refractivity contribution in [3.05, 3.63) is 95.6 Å². The number of benzene rings is 1. The van der Waals surface area contributed by atoms with Crippen LogP contribution in [0.2, 0.25) is 0 Å². The lowest BCUT2D eigenvalue weighted by Crippen LogP contribution is -2.28. The molecule has 2 heterocycles. The third kappa shape index (κ3) is 4.97. The van der Waals surface area contributed by atoms with Crippen molar-refractivity contribution in [3.8, 4) is 0 Å². The molecule has 0 aliphatic rings. The maximum Gasteiger partial charge on any atom is 0.339 e. The molecule has 0 bridgehead atoms. The Bertz CT molecular complexity index is 797. The van der Waals surface area contributed by atoms with Crippen LogP contribution < -0.4 is 0 Å². The Labute approximate surface area is 153 Å².